The van der Waals surface area contributed by atoms with E-state index in [9.17, 15) is 17.6 Å². The van der Waals surface area contributed by atoms with Gasteiger partial charge < -0.3 is 9.73 Å². The Morgan fingerprint density at radius 3 is 2.59 bits per heavy atom. The summed E-state index contributed by atoms with van der Waals surface area (Å²) in [7, 11) is -0.748. The predicted molar refractivity (Wildman–Crippen MR) is 159 cm³/mol. The Labute approximate surface area is 241 Å². The van der Waals surface area contributed by atoms with Crippen molar-refractivity contribution in [3.05, 3.63) is 78.1 Å². The monoisotopic (exact) mass is 597 g/mol. The lowest BCUT2D eigenvalue weighted by Gasteiger charge is -2.32. The number of benzene rings is 2. The minimum atomic E-state index is -3.77. The largest absolute Gasteiger partial charge is 0.437 e. The number of rotatable bonds is 7. The standard InChI is InChI=1S/C28H28FN5O5S2/c1-17-16-33(40-23-8-6-5-7-22(23)32-38-3)13-14-34(41(4,36)37)26-20(17)15-21-24(27(35)30-2)25(39-28(21)31-26)18-9-11-19(29)12-10-18/h5-12,15,32H,1,13-14,16H2,2-4H3,(H,30,35). The van der Waals surface area contributed by atoms with E-state index in [-0.39, 0.29) is 29.4 Å². The van der Waals surface area contributed by atoms with Crippen molar-refractivity contribution in [3.63, 3.8) is 0 Å². The first-order valence-corrected chi connectivity index (χ1v) is 15.1. The minimum Gasteiger partial charge on any atom is -0.437 e. The Kier molecular flexibility index (Phi) is 8.04. The summed E-state index contributed by atoms with van der Waals surface area (Å²) in [6.45, 7) is 5.12. The average Bonchev–Trinajstić information content (AvgIpc) is 3.30. The van der Waals surface area contributed by atoms with Crippen LogP contribution in [0.1, 0.15) is 15.9 Å². The first kappa shape index (κ1) is 28.6. The molecule has 0 spiro atoms. The first-order chi connectivity index (χ1) is 19.6. The molecule has 2 aromatic heterocycles. The Bertz CT molecular complexity index is 1740. The second kappa shape index (κ2) is 11.5. The minimum absolute atomic E-state index is 0.0782. The van der Waals surface area contributed by atoms with Gasteiger partial charge in [-0.15, -0.1) is 0 Å². The molecule has 0 bridgehead atoms. The highest BCUT2D eigenvalue weighted by molar-refractivity contribution is 7.97. The third-order valence-corrected chi connectivity index (χ3v) is 8.77. The van der Waals surface area contributed by atoms with Crippen molar-refractivity contribution in [1.82, 2.24) is 14.6 Å². The summed E-state index contributed by atoms with van der Waals surface area (Å²) in [6, 6.07) is 14.8. The number of carbonyl (C=O) groups is 1. The molecular weight excluding hydrogens is 569 g/mol. The molecule has 0 unspecified atom stereocenters. The number of fused-ring (bicyclic) bond motifs is 2. The zero-order valence-electron chi connectivity index (χ0n) is 22.6. The van der Waals surface area contributed by atoms with Crippen molar-refractivity contribution in [2.24, 2.45) is 0 Å². The number of hydrogen-bond acceptors (Lipinski definition) is 9. The van der Waals surface area contributed by atoms with Gasteiger partial charge in [-0.3, -0.25) is 19.4 Å². The third-order valence-electron chi connectivity index (χ3n) is 6.49. The summed E-state index contributed by atoms with van der Waals surface area (Å²) in [5.41, 5.74) is 5.44. The van der Waals surface area contributed by atoms with Crippen LogP contribution in [-0.2, 0) is 14.9 Å². The van der Waals surface area contributed by atoms with Crippen LogP contribution < -0.4 is 15.1 Å². The molecule has 5 rings (SSSR count). The molecule has 41 heavy (non-hydrogen) atoms. The highest BCUT2D eigenvalue weighted by atomic mass is 32.2. The number of sulfonamides is 1. The van der Waals surface area contributed by atoms with Crippen LogP contribution in [0.4, 0.5) is 15.9 Å². The number of halogens is 1. The molecule has 214 valence electrons. The number of carbonyl (C=O) groups excluding carboxylic acids is 1. The number of para-hydroxylation sites is 1. The molecule has 0 radical (unpaired) electrons. The molecule has 1 aliphatic rings. The lowest BCUT2D eigenvalue weighted by Crippen LogP contribution is -2.39. The molecular formula is C28H28FN5O5S2. The van der Waals surface area contributed by atoms with Crippen molar-refractivity contribution in [2.45, 2.75) is 4.90 Å². The van der Waals surface area contributed by atoms with Crippen molar-refractivity contribution < 1.29 is 26.9 Å². The van der Waals surface area contributed by atoms with Crippen LogP contribution in [0.25, 0.3) is 28.0 Å². The normalized spacial score (nSPS) is 14.4. The fourth-order valence-electron chi connectivity index (χ4n) is 4.59. The fourth-order valence-corrected chi connectivity index (χ4v) is 6.47. The first-order valence-electron chi connectivity index (χ1n) is 12.5. The van der Waals surface area contributed by atoms with E-state index in [1.807, 2.05) is 28.6 Å². The van der Waals surface area contributed by atoms with E-state index in [4.69, 9.17) is 9.25 Å². The SMILES string of the molecule is C=C1CN(Sc2ccccc2NOC)CCN(S(C)(=O)=O)c2nc3oc(-c4ccc(F)cc4)c(C(=O)NC)c3cc21. The molecule has 0 saturated carbocycles. The van der Waals surface area contributed by atoms with Crippen LogP contribution in [0.5, 0.6) is 0 Å². The predicted octanol–water partition coefficient (Wildman–Crippen LogP) is 4.77. The quantitative estimate of drug-likeness (QED) is 0.230. The topological polar surface area (TPSA) is 117 Å². The van der Waals surface area contributed by atoms with Crippen molar-refractivity contribution in [2.75, 3.05) is 49.8 Å². The van der Waals surface area contributed by atoms with E-state index in [0.29, 0.717) is 35.2 Å². The van der Waals surface area contributed by atoms with Crippen molar-refractivity contribution >= 4 is 56.1 Å². The van der Waals surface area contributed by atoms with E-state index in [1.165, 1.54) is 54.7 Å². The highest BCUT2D eigenvalue weighted by Gasteiger charge is 2.31. The molecule has 0 saturated heterocycles. The van der Waals surface area contributed by atoms with Crippen LogP contribution in [0.2, 0.25) is 0 Å². The van der Waals surface area contributed by atoms with Gasteiger partial charge in [0.15, 0.2) is 5.82 Å². The summed E-state index contributed by atoms with van der Waals surface area (Å²) in [5.74, 6) is -0.504. The van der Waals surface area contributed by atoms with Crippen LogP contribution in [0, 0.1) is 5.82 Å². The lowest BCUT2D eigenvalue weighted by atomic mass is 10.0. The summed E-state index contributed by atoms with van der Waals surface area (Å²) >= 11 is 1.44. The van der Waals surface area contributed by atoms with Gasteiger partial charge in [-0.25, -0.2) is 17.1 Å². The van der Waals surface area contributed by atoms with Gasteiger partial charge in [-0.2, -0.15) is 4.98 Å². The van der Waals surface area contributed by atoms with Gasteiger partial charge in [0.05, 0.1) is 30.0 Å². The number of nitrogens with one attached hydrogen (secondary N) is 2. The lowest BCUT2D eigenvalue weighted by molar-refractivity contribution is 0.0964. The smallest absolute Gasteiger partial charge is 0.255 e. The van der Waals surface area contributed by atoms with Gasteiger partial charge in [0.25, 0.3) is 5.91 Å². The average molecular weight is 598 g/mol. The van der Waals surface area contributed by atoms with Gasteiger partial charge >= 0.3 is 0 Å². The van der Waals surface area contributed by atoms with E-state index in [0.717, 1.165) is 16.8 Å². The maximum atomic E-state index is 13.6. The second-order valence-electron chi connectivity index (χ2n) is 9.30. The second-order valence-corrected chi connectivity index (χ2v) is 12.3. The van der Waals surface area contributed by atoms with Gasteiger partial charge in [0.2, 0.25) is 15.7 Å². The number of amides is 1. The Morgan fingerprint density at radius 2 is 1.90 bits per heavy atom. The van der Waals surface area contributed by atoms with Crippen LogP contribution in [0.15, 0.2) is 70.5 Å². The molecule has 0 aliphatic carbocycles. The van der Waals surface area contributed by atoms with Gasteiger partial charge in [-0.1, -0.05) is 18.7 Å². The number of hydrogen-bond donors (Lipinski definition) is 2. The molecule has 10 nitrogen and oxygen atoms in total. The summed E-state index contributed by atoms with van der Waals surface area (Å²) in [5, 5.41) is 3.00. The van der Waals surface area contributed by atoms with Crippen LogP contribution in [-0.4, -0.2) is 63.7 Å². The number of anilines is 2. The number of furan rings is 1. The van der Waals surface area contributed by atoms with Crippen LogP contribution in [0.3, 0.4) is 0 Å². The molecule has 0 atom stereocenters. The Balaban J connectivity index is 1.64. The molecule has 0 fully saturated rings. The van der Waals surface area contributed by atoms with Gasteiger partial charge in [-0.05, 0) is 60.0 Å². The van der Waals surface area contributed by atoms with Crippen molar-refractivity contribution in [1.29, 1.82) is 0 Å². The summed E-state index contributed by atoms with van der Waals surface area (Å²) < 4.78 is 48.9. The van der Waals surface area contributed by atoms with Gasteiger partial charge in [0, 0.05) is 42.7 Å². The van der Waals surface area contributed by atoms with Crippen LogP contribution >= 0.6 is 11.9 Å². The Morgan fingerprint density at radius 1 is 1.17 bits per heavy atom. The maximum absolute atomic E-state index is 13.6. The molecule has 2 N–H and O–H groups in total. The molecule has 1 aliphatic heterocycles. The molecule has 2 aromatic carbocycles. The molecule has 4 aromatic rings. The van der Waals surface area contributed by atoms with Crippen molar-refractivity contribution in [3.8, 4) is 11.3 Å². The van der Waals surface area contributed by atoms with Gasteiger partial charge in [0.1, 0.15) is 11.6 Å². The zero-order valence-corrected chi connectivity index (χ0v) is 24.2. The van der Waals surface area contributed by atoms with E-state index in [1.54, 1.807) is 6.07 Å². The molecule has 3 heterocycles. The number of aromatic nitrogens is 1. The van der Waals surface area contributed by atoms with E-state index < -0.39 is 21.7 Å². The molecule has 13 heteroatoms. The zero-order chi connectivity index (χ0) is 29.3. The molecule has 1 amide bonds. The van der Waals surface area contributed by atoms with E-state index in [2.05, 4.69) is 22.4 Å². The maximum Gasteiger partial charge on any atom is 0.255 e. The number of pyridine rings is 1. The third kappa shape index (κ3) is 5.79. The van der Waals surface area contributed by atoms with E-state index >= 15 is 0 Å². The summed E-state index contributed by atoms with van der Waals surface area (Å²) in [4.78, 5) is 23.6. The number of nitrogens with zero attached hydrogens (tertiary/aromatic N) is 3. The highest BCUT2D eigenvalue weighted by Crippen LogP contribution is 2.40. The summed E-state index contributed by atoms with van der Waals surface area (Å²) in [6.07, 6.45) is 1.12. The Hall–Kier alpha value is -3.91. The fraction of sp³-hybridized carbons (Fsp3) is 0.214.